The van der Waals surface area contributed by atoms with Crippen LogP contribution in [0.5, 0.6) is 0 Å². The summed E-state index contributed by atoms with van der Waals surface area (Å²) in [5.74, 6) is 0. The number of imidazole rings is 1. The molecule has 3 nitrogen and oxygen atoms in total. The van der Waals surface area contributed by atoms with Crippen molar-refractivity contribution in [3.63, 3.8) is 0 Å². The standard InChI is InChI=1S/C17H12ClN3/c1-11-4-2-3-5-16(11)21-10-20-15-9-19-14-7-6-12(18)8-13(14)17(15)21/h2-10H,1H3. The Kier molecular flexibility index (Phi) is 2.69. The van der Waals surface area contributed by atoms with Crippen LogP contribution in [0, 0.1) is 6.92 Å². The Labute approximate surface area is 126 Å². The molecule has 0 aliphatic rings. The number of halogens is 1. The fourth-order valence-electron chi connectivity index (χ4n) is 2.68. The van der Waals surface area contributed by atoms with E-state index in [1.54, 1.807) is 6.20 Å². The first kappa shape index (κ1) is 12.4. The smallest absolute Gasteiger partial charge is 0.108 e. The van der Waals surface area contributed by atoms with Crippen LogP contribution in [0.25, 0.3) is 27.6 Å². The van der Waals surface area contributed by atoms with Crippen molar-refractivity contribution in [3.8, 4) is 5.69 Å². The zero-order chi connectivity index (χ0) is 14.4. The molecule has 102 valence electrons. The van der Waals surface area contributed by atoms with Gasteiger partial charge >= 0.3 is 0 Å². The average molecular weight is 294 g/mol. The molecule has 0 radical (unpaired) electrons. The zero-order valence-electron chi connectivity index (χ0n) is 11.4. The SMILES string of the molecule is Cc1ccccc1-n1cnc2cnc3ccc(Cl)cc3c21. The second-order valence-electron chi connectivity index (χ2n) is 5.05. The zero-order valence-corrected chi connectivity index (χ0v) is 12.2. The maximum atomic E-state index is 6.16. The number of rotatable bonds is 1. The van der Waals surface area contributed by atoms with Crippen LogP contribution in [0.3, 0.4) is 0 Å². The van der Waals surface area contributed by atoms with E-state index >= 15 is 0 Å². The molecule has 0 aliphatic heterocycles. The molecule has 0 saturated carbocycles. The molecular weight excluding hydrogens is 282 g/mol. The molecule has 0 amide bonds. The number of pyridine rings is 1. The van der Waals surface area contributed by atoms with Crippen LogP contribution < -0.4 is 0 Å². The van der Waals surface area contributed by atoms with Crippen molar-refractivity contribution in [1.29, 1.82) is 0 Å². The Morgan fingerprint density at radius 3 is 2.71 bits per heavy atom. The summed E-state index contributed by atoms with van der Waals surface area (Å²) in [6.07, 6.45) is 3.65. The molecule has 21 heavy (non-hydrogen) atoms. The first-order valence-electron chi connectivity index (χ1n) is 6.71. The van der Waals surface area contributed by atoms with Crippen molar-refractivity contribution >= 4 is 33.5 Å². The lowest BCUT2D eigenvalue weighted by Gasteiger charge is -2.09. The van der Waals surface area contributed by atoms with Gasteiger partial charge in [0, 0.05) is 10.4 Å². The highest BCUT2D eigenvalue weighted by Crippen LogP contribution is 2.28. The van der Waals surface area contributed by atoms with Crippen LogP contribution in [0.4, 0.5) is 0 Å². The number of fused-ring (bicyclic) bond motifs is 3. The van der Waals surface area contributed by atoms with E-state index in [2.05, 4.69) is 33.6 Å². The summed E-state index contributed by atoms with van der Waals surface area (Å²) in [4.78, 5) is 8.92. The lowest BCUT2D eigenvalue weighted by Crippen LogP contribution is -1.95. The molecule has 4 rings (SSSR count). The molecule has 0 spiro atoms. The van der Waals surface area contributed by atoms with Gasteiger partial charge in [-0.2, -0.15) is 0 Å². The lowest BCUT2D eigenvalue weighted by atomic mass is 10.1. The predicted octanol–water partition coefficient (Wildman–Crippen LogP) is 4.54. The molecule has 2 heterocycles. The minimum absolute atomic E-state index is 0.703. The maximum absolute atomic E-state index is 6.16. The normalized spacial score (nSPS) is 11.3. The molecule has 0 aliphatic carbocycles. The van der Waals surface area contributed by atoms with E-state index in [-0.39, 0.29) is 0 Å². The van der Waals surface area contributed by atoms with Gasteiger partial charge in [0.25, 0.3) is 0 Å². The second-order valence-corrected chi connectivity index (χ2v) is 5.49. The maximum Gasteiger partial charge on any atom is 0.108 e. The summed E-state index contributed by atoms with van der Waals surface area (Å²) in [6.45, 7) is 2.09. The van der Waals surface area contributed by atoms with Crippen LogP contribution in [0.2, 0.25) is 5.02 Å². The Morgan fingerprint density at radius 2 is 1.86 bits per heavy atom. The quantitative estimate of drug-likeness (QED) is 0.516. The van der Waals surface area contributed by atoms with Crippen LogP contribution in [-0.4, -0.2) is 14.5 Å². The molecule has 0 bridgehead atoms. The first-order chi connectivity index (χ1) is 10.2. The minimum Gasteiger partial charge on any atom is -0.298 e. The average Bonchev–Trinajstić information content (AvgIpc) is 2.92. The summed E-state index contributed by atoms with van der Waals surface area (Å²) in [7, 11) is 0. The van der Waals surface area contributed by atoms with Gasteiger partial charge in [-0.25, -0.2) is 4.98 Å². The van der Waals surface area contributed by atoms with Gasteiger partial charge in [0.05, 0.1) is 22.9 Å². The number of hydrogen-bond acceptors (Lipinski definition) is 2. The van der Waals surface area contributed by atoms with Crippen molar-refractivity contribution in [3.05, 3.63) is 65.6 Å². The highest BCUT2D eigenvalue weighted by Gasteiger charge is 2.11. The van der Waals surface area contributed by atoms with Crippen LogP contribution in [0.15, 0.2) is 55.0 Å². The molecule has 4 aromatic rings. The summed E-state index contributed by atoms with van der Waals surface area (Å²) in [6, 6.07) is 14.0. The summed E-state index contributed by atoms with van der Waals surface area (Å²) < 4.78 is 2.10. The van der Waals surface area contributed by atoms with Gasteiger partial charge in [-0.3, -0.25) is 9.55 Å². The van der Waals surface area contributed by atoms with E-state index in [0.717, 1.165) is 27.6 Å². The second kappa shape index (κ2) is 4.57. The summed E-state index contributed by atoms with van der Waals surface area (Å²) in [5, 5.41) is 1.72. The van der Waals surface area contributed by atoms with E-state index in [1.165, 1.54) is 5.56 Å². The molecule has 0 saturated heterocycles. The van der Waals surface area contributed by atoms with Crippen molar-refractivity contribution in [2.45, 2.75) is 6.92 Å². The summed E-state index contributed by atoms with van der Waals surface area (Å²) in [5.41, 5.74) is 5.14. The minimum atomic E-state index is 0.703. The number of aromatic nitrogens is 3. The van der Waals surface area contributed by atoms with Crippen molar-refractivity contribution in [2.75, 3.05) is 0 Å². The highest BCUT2D eigenvalue weighted by molar-refractivity contribution is 6.31. The third-order valence-corrected chi connectivity index (χ3v) is 3.95. The first-order valence-corrected chi connectivity index (χ1v) is 7.09. The molecular formula is C17H12ClN3. The van der Waals surface area contributed by atoms with E-state index < -0.39 is 0 Å². The number of nitrogens with zero attached hydrogens (tertiary/aromatic N) is 3. The third-order valence-electron chi connectivity index (χ3n) is 3.71. The Balaban J connectivity index is 2.16. The van der Waals surface area contributed by atoms with Gasteiger partial charge < -0.3 is 0 Å². The summed E-state index contributed by atoms with van der Waals surface area (Å²) >= 11 is 6.16. The highest BCUT2D eigenvalue weighted by atomic mass is 35.5. The van der Waals surface area contributed by atoms with Crippen molar-refractivity contribution < 1.29 is 0 Å². The number of aryl methyl sites for hydroxylation is 1. The third kappa shape index (κ3) is 1.89. The molecule has 2 aromatic carbocycles. The topological polar surface area (TPSA) is 30.7 Å². The Bertz CT molecular complexity index is 972. The van der Waals surface area contributed by atoms with Crippen LogP contribution in [-0.2, 0) is 0 Å². The van der Waals surface area contributed by atoms with E-state index in [0.29, 0.717) is 5.02 Å². The van der Waals surface area contributed by atoms with Gasteiger partial charge in [-0.05, 0) is 36.8 Å². The molecule has 4 heteroatoms. The van der Waals surface area contributed by atoms with Gasteiger partial charge in [0.15, 0.2) is 0 Å². The van der Waals surface area contributed by atoms with Gasteiger partial charge in [-0.15, -0.1) is 0 Å². The van der Waals surface area contributed by atoms with Crippen molar-refractivity contribution in [2.24, 2.45) is 0 Å². The predicted molar refractivity (Wildman–Crippen MR) is 86.1 cm³/mol. The largest absolute Gasteiger partial charge is 0.298 e. The molecule has 0 N–H and O–H groups in total. The van der Waals surface area contributed by atoms with E-state index in [9.17, 15) is 0 Å². The van der Waals surface area contributed by atoms with Gasteiger partial charge in [-0.1, -0.05) is 29.8 Å². The molecule has 0 atom stereocenters. The van der Waals surface area contributed by atoms with Crippen LogP contribution in [0.1, 0.15) is 5.56 Å². The van der Waals surface area contributed by atoms with Crippen molar-refractivity contribution in [1.82, 2.24) is 14.5 Å². The van der Waals surface area contributed by atoms with Gasteiger partial charge in [0.2, 0.25) is 0 Å². The lowest BCUT2D eigenvalue weighted by molar-refractivity contribution is 1.08. The fraction of sp³-hybridized carbons (Fsp3) is 0.0588. The number of para-hydroxylation sites is 1. The molecule has 2 aromatic heterocycles. The molecule has 0 unspecified atom stereocenters. The molecule has 0 fully saturated rings. The van der Waals surface area contributed by atoms with E-state index in [4.69, 9.17) is 11.6 Å². The number of hydrogen-bond donors (Lipinski definition) is 0. The monoisotopic (exact) mass is 293 g/mol. The van der Waals surface area contributed by atoms with Gasteiger partial charge in [0.1, 0.15) is 11.8 Å². The fourth-order valence-corrected chi connectivity index (χ4v) is 2.85. The van der Waals surface area contributed by atoms with E-state index in [1.807, 2.05) is 36.7 Å². The number of benzene rings is 2. The Hall–Kier alpha value is -2.39. The van der Waals surface area contributed by atoms with Crippen LogP contribution >= 0.6 is 11.6 Å². The Morgan fingerprint density at radius 1 is 1.00 bits per heavy atom.